The highest BCUT2D eigenvalue weighted by Gasteiger charge is 2.58. The minimum absolute atomic E-state index is 0.0594. The van der Waals surface area contributed by atoms with Crippen LogP contribution in [0.1, 0.15) is 68.5 Å². The van der Waals surface area contributed by atoms with Crippen LogP contribution in [0.2, 0.25) is 0 Å². The lowest BCUT2D eigenvalue weighted by Crippen LogP contribution is -2.66. The molecule has 2 nitrogen and oxygen atoms in total. The van der Waals surface area contributed by atoms with Crippen LogP contribution >= 0.6 is 11.6 Å². The van der Waals surface area contributed by atoms with Gasteiger partial charge >= 0.3 is 0 Å². The molecule has 2 heterocycles. The van der Waals surface area contributed by atoms with Gasteiger partial charge in [-0.3, -0.25) is 4.79 Å². The number of hydrogen-bond acceptors (Lipinski definition) is 1. The Kier molecular flexibility index (Phi) is 3.08. The summed E-state index contributed by atoms with van der Waals surface area (Å²) in [7, 11) is 0. The first kappa shape index (κ1) is 13.6. The van der Waals surface area contributed by atoms with E-state index in [-0.39, 0.29) is 22.9 Å². The van der Waals surface area contributed by atoms with Crippen molar-refractivity contribution in [3.05, 3.63) is 35.4 Å². The Morgan fingerprint density at radius 1 is 1.14 bits per heavy atom. The van der Waals surface area contributed by atoms with Crippen LogP contribution in [0.15, 0.2) is 24.3 Å². The maximum Gasteiger partial charge on any atom is 0.244 e. The van der Waals surface area contributed by atoms with E-state index >= 15 is 0 Å². The van der Waals surface area contributed by atoms with Crippen molar-refractivity contribution >= 4 is 17.5 Å². The summed E-state index contributed by atoms with van der Waals surface area (Å²) in [5, 5.41) is -0.366. The van der Waals surface area contributed by atoms with Gasteiger partial charge in [0.1, 0.15) is 5.38 Å². The summed E-state index contributed by atoms with van der Waals surface area (Å²) in [6, 6.07) is 8.69. The molecule has 1 saturated heterocycles. The van der Waals surface area contributed by atoms with Gasteiger partial charge in [0, 0.05) is 5.54 Å². The minimum Gasteiger partial charge on any atom is -0.327 e. The fourth-order valence-corrected chi connectivity index (χ4v) is 5.30. The molecule has 3 unspecified atom stereocenters. The van der Waals surface area contributed by atoms with Crippen molar-refractivity contribution in [3.8, 4) is 0 Å². The molecule has 2 fully saturated rings. The maximum absolute atomic E-state index is 12.5. The van der Waals surface area contributed by atoms with Gasteiger partial charge in [0.2, 0.25) is 5.91 Å². The third-order valence-corrected chi connectivity index (χ3v) is 6.28. The highest BCUT2D eigenvalue weighted by Crippen LogP contribution is 2.55. The van der Waals surface area contributed by atoms with Crippen LogP contribution in [0.5, 0.6) is 0 Å². The lowest BCUT2D eigenvalue weighted by molar-refractivity contribution is -0.159. The zero-order valence-electron chi connectivity index (χ0n) is 12.5. The van der Waals surface area contributed by atoms with Crippen molar-refractivity contribution in [2.75, 3.05) is 0 Å². The quantitative estimate of drug-likeness (QED) is 0.514. The van der Waals surface area contributed by atoms with Crippen LogP contribution < -0.4 is 0 Å². The zero-order valence-corrected chi connectivity index (χ0v) is 13.3. The summed E-state index contributed by atoms with van der Waals surface area (Å²) in [5.74, 6) is 0.661. The Morgan fingerprint density at radius 2 is 1.81 bits per heavy atom. The fraction of sp³-hybridized carbons (Fsp3) is 0.611. The second-order valence-corrected chi connectivity index (χ2v) is 7.54. The second-order valence-electron chi connectivity index (χ2n) is 7.07. The summed E-state index contributed by atoms with van der Waals surface area (Å²) in [6.45, 7) is 2.31. The topological polar surface area (TPSA) is 20.3 Å². The van der Waals surface area contributed by atoms with Gasteiger partial charge in [-0.1, -0.05) is 50.5 Å². The minimum atomic E-state index is -0.366. The lowest BCUT2D eigenvalue weighted by Gasteiger charge is -2.56. The summed E-state index contributed by atoms with van der Waals surface area (Å²) in [4.78, 5) is 14.7. The van der Waals surface area contributed by atoms with Crippen molar-refractivity contribution in [3.63, 3.8) is 0 Å². The van der Waals surface area contributed by atoms with E-state index in [0.29, 0.717) is 5.92 Å². The summed E-state index contributed by atoms with van der Waals surface area (Å²) < 4.78 is 0. The number of amides is 1. The number of carbonyl (C=O) groups excluding carboxylic acids is 1. The number of alkyl halides is 1. The normalized spacial score (nSPS) is 33.9. The Morgan fingerprint density at radius 3 is 2.52 bits per heavy atom. The Balaban J connectivity index is 1.84. The summed E-state index contributed by atoms with van der Waals surface area (Å²) in [6.07, 6.45) is 7.18. The molecule has 21 heavy (non-hydrogen) atoms. The van der Waals surface area contributed by atoms with E-state index < -0.39 is 0 Å². The molecule has 112 valence electrons. The molecule has 1 spiro atoms. The molecule has 1 aromatic rings. The van der Waals surface area contributed by atoms with Crippen LogP contribution in [0.4, 0.5) is 0 Å². The average molecular weight is 304 g/mol. The first-order valence-corrected chi connectivity index (χ1v) is 8.64. The Hall–Kier alpha value is -1.02. The van der Waals surface area contributed by atoms with Crippen LogP contribution in [0.3, 0.4) is 0 Å². The van der Waals surface area contributed by atoms with Crippen LogP contribution in [-0.4, -0.2) is 21.7 Å². The van der Waals surface area contributed by atoms with Gasteiger partial charge in [0.15, 0.2) is 0 Å². The lowest BCUT2D eigenvalue weighted by atomic mass is 9.73. The molecular weight excluding hydrogens is 282 g/mol. The van der Waals surface area contributed by atoms with E-state index in [9.17, 15) is 4.79 Å². The number of fused-ring (bicyclic) bond motifs is 4. The number of benzene rings is 1. The van der Waals surface area contributed by atoms with Crippen molar-refractivity contribution in [1.29, 1.82) is 0 Å². The second kappa shape index (κ2) is 4.74. The van der Waals surface area contributed by atoms with Crippen LogP contribution in [0.25, 0.3) is 0 Å². The van der Waals surface area contributed by atoms with Crippen LogP contribution in [-0.2, 0) is 4.79 Å². The average Bonchev–Trinajstić information content (AvgIpc) is 2.60. The summed E-state index contributed by atoms with van der Waals surface area (Å²) in [5.41, 5.74) is 2.74. The van der Waals surface area contributed by atoms with Gasteiger partial charge in [0.05, 0.1) is 6.04 Å². The fourth-order valence-electron chi connectivity index (χ4n) is 4.94. The van der Waals surface area contributed by atoms with E-state index in [1.165, 1.54) is 30.4 Å². The molecule has 0 N–H and O–H groups in total. The van der Waals surface area contributed by atoms with Gasteiger partial charge in [-0.2, -0.15) is 0 Å². The van der Waals surface area contributed by atoms with E-state index in [1.807, 2.05) is 0 Å². The molecule has 1 amide bonds. The molecule has 2 aliphatic heterocycles. The Bertz CT molecular complexity index is 578. The van der Waals surface area contributed by atoms with E-state index in [1.54, 1.807) is 0 Å². The van der Waals surface area contributed by atoms with Gasteiger partial charge in [-0.25, -0.2) is 0 Å². The molecule has 0 radical (unpaired) electrons. The summed E-state index contributed by atoms with van der Waals surface area (Å²) >= 11 is 6.43. The smallest absolute Gasteiger partial charge is 0.244 e. The Labute approximate surface area is 131 Å². The number of hydrogen-bond donors (Lipinski definition) is 0. The molecule has 3 aliphatic rings. The molecule has 3 atom stereocenters. The van der Waals surface area contributed by atoms with Crippen LogP contribution in [0, 0.1) is 0 Å². The molecule has 1 saturated carbocycles. The van der Waals surface area contributed by atoms with Crippen molar-refractivity contribution in [2.24, 2.45) is 0 Å². The van der Waals surface area contributed by atoms with E-state index in [0.717, 1.165) is 19.3 Å². The largest absolute Gasteiger partial charge is 0.327 e. The van der Waals surface area contributed by atoms with Crippen molar-refractivity contribution in [1.82, 2.24) is 4.90 Å². The molecule has 0 bridgehead atoms. The number of halogens is 1. The maximum atomic E-state index is 12.5. The first-order valence-electron chi connectivity index (χ1n) is 8.20. The standard InChI is InChI=1S/C18H22ClNO/c1-12-11-18(9-5-2-6-10-18)20-16(15(19)17(20)21)14-8-4-3-7-13(12)14/h3-4,7-8,12,15-16H,2,5-6,9-11H2,1H3. The predicted molar refractivity (Wildman–Crippen MR) is 84.5 cm³/mol. The molecule has 1 aliphatic carbocycles. The SMILES string of the molecule is CC1CC2(CCCCC2)N2C(=O)C(Cl)C2c2ccccc21. The number of nitrogens with zero attached hydrogens (tertiary/aromatic N) is 1. The highest BCUT2D eigenvalue weighted by molar-refractivity contribution is 6.33. The van der Waals surface area contributed by atoms with Gasteiger partial charge < -0.3 is 4.90 Å². The first-order chi connectivity index (χ1) is 10.1. The predicted octanol–water partition coefficient (Wildman–Crippen LogP) is 4.39. The van der Waals surface area contributed by atoms with Crippen molar-refractivity contribution < 1.29 is 4.79 Å². The number of carbonyl (C=O) groups is 1. The molecule has 4 rings (SSSR count). The van der Waals surface area contributed by atoms with Gasteiger partial charge in [0.25, 0.3) is 0 Å². The monoisotopic (exact) mass is 303 g/mol. The van der Waals surface area contributed by atoms with Gasteiger partial charge in [-0.05, 0) is 36.3 Å². The number of β-lactam (4-membered cyclic amide) rings is 1. The zero-order chi connectivity index (χ0) is 14.6. The molecule has 3 heteroatoms. The third-order valence-electron chi connectivity index (χ3n) is 5.86. The highest BCUT2D eigenvalue weighted by atomic mass is 35.5. The van der Waals surface area contributed by atoms with Gasteiger partial charge in [-0.15, -0.1) is 11.6 Å². The van der Waals surface area contributed by atoms with Crippen molar-refractivity contribution in [2.45, 2.75) is 68.3 Å². The number of rotatable bonds is 0. The third kappa shape index (κ3) is 1.81. The van der Waals surface area contributed by atoms with E-state index in [2.05, 4.69) is 36.1 Å². The molecule has 0 aromatic heterocycles. The van der Waals surface area contributed by atoms with E-state index in [4.69, 9.17) is 11.6 Å². The molecule has 1 aromatic carbocycles. The molecular formula is C18H22ClNO.